The molecule has 0 saturated carbocycles. The normalized spacial score (nSPS) is 23.9. The van der Waals surface area contributed by atoms with Gasteiger partial charge < -0.3 is 15.3 Å². The van der Waals surface area contributed by atoms with Gasteiger partial charge in [-0.15, -0.1) is 0 Å². The lowest BCUT2D eigenvalue weighted by molar-refractivity contribution is -0.123. The topological polar surface area (TPSA) is 55.8 Å². The van der Waals surface area contributed by atoms with Crippen molar-refractivity contribution >= 4 is 5.91 Å². The molecule has 5 heteroatoms. The van der Waals surface area contributed by atoms with Crippen molar-refractivity contribution in [3.05, 3.63) is 0 Å². The summed E-state index contributed by atoms with van der Waals surface area (Å²) >= 11 is 0. The third-order valence-corrected chi connectivity index (χ3v) is 4.73. The lowest BCUT2D eigenvalue weighted by atomic mass is 9.98. The minimum absolute atomic E-state index is 0.169. The Hall–Kier alpha value is -0.650. The highest BCUT2D eigenvalue weighted by Gasteiger charge is 2.23. The SMILES string of the molecule is CCN1CCC(NC(=O)CN2CCC(CO)CC2)CC1. The van der Waals surface area contributed by atoms with Gasteiger partial charge in [0, 0.05) is 25.7 Å². The molecule has 2 heterocycles. The Balaban J connectivity index is 1.63. The fraction of sp³-hybridized carbons (Fsp3) is 0.933. The Morgan fingerprint density at radius 1 is 1.10 bits per heavy atom. The van der Waals surface area contributed by atoms with Crippen LogP contribution in [0, 0.1) is 5.92 Å². The average molecular weight is 283 g/mol. The summed E-state index contributed by atoms with van der Waals surface area (Å²) in [7, 11) is 0. The van der Waals surface area contributed by atoms with Gasteiger partial charge in [0.15, 0.2) is 0 Å². The first kappa shape index (κ1) is 15.7. The zero-order chi connectivity index (χ0) is 14.4. The summed E-state index contributed by atoms with van der Waals surface area (Å²) < 4.78 is 0. The maximum Gasteiger partial charge on any atom is 0.234 e. The van der Waals surface area contributed by atoms with Crippen LogP contribution in [0.3, 0.4) is 0 Å². The van der Waals surface area contributed by atoms with Crippen LogP contribution in [0.25, 0.3) is 0 Å². The molecule has 2 N–H and O–H groups in total. The van der Waals surface area contributed by atoms with E-state index in [9.17, 15) is 4.79 Å². The van der Waals surface area contributed by atoms with Crippen molar-refractivity contribution in [1.82, 2.24) is 15.1 Å². The molecule has 20 heavy (non-hydrogen) atoms. The van der Waals surface area contributed by atoms with Gasteiger partial charge in [0.1, 0.15) is 0 Å². The highest BCUT2D eigenvalue weighted by atomic mass is 16.3. The maximum atomic E-state index is 12.1. The molecule has 0 aromatic rings. The van der Waals surface area contributed by atoms with Crippen molar-refractivity contribution in [2.24, 2.45) is 5.92 Å². The first-order chi connectivity index (χ1) is 9.71. The molecule has 2 rings (SSSR count). The van der Waals surface area contributed by atoms with Gasteiger partial charge in [-0.2, -0.15) is 0 Å². The zero-order valence-corrected chi connectivity index (χ0v) is 12.7. The van der Waals surface area contributed by atoms with Gasteiger partial charge in [0.2, 0.25) is 5.91 Å². The van der Waals surface area contributed by atoms with Crippen LogP contribution in [0.1, 0.15) is 32.6 Å². The number of aliphatic hydroxyl groups excluding tert-OH is 1. The van der Waals surface area contributed by atoms with Crippen LogP contribution in [-0.2, 0) is 4.79 Å². The van der Waals surface area contributed by atoms with Crippen LogP contribution in [0.5, 0.6) is 0 Å². The van der Waals surface area contributed by atoms with Gasteiger partial charge in [-0.25, -0.2) is 0 Å². The Morgan fingerprint density at radius 2 is 1.70 bits per heavy atom. The van der Waals surface area contributed by atoms with Crippen molar-refractivity contribution in [1.29, 1.82) is 0 Å². The fourth-order valence-electron chi connectivity index (χ4n) is 3.20. The maximum absolute atomic E-state index is 12.1. The summed E-state index contributed by atoms with van der Waals surface area (Å²) in [5.74, 6) is 0.607. The molecular weight excluding hydrogens is 254 g/mol. The number of nitrogens with zero attached hydrogens (tertiary/aromatic N) is 2. The second kappa shape index (κ2) is 7.96. The molecule has 1 amide bonds. The summed E-state index contributed by atoms with van der Waals surface area (Å²) in [6.07, 6.45) is 4.18. The molecule has 2 fully saturated rings. The van der Waals surface area contributed by atoms with Crippen LogP contribution in [-0.4, -0.2) is 72.7 Å². The number of hydrogen-bond donors (Lipinski definition) is 2. The number of nitrogens with one attached hydrogen (secondary N) is 1. The predicted molar refractivity (Wildman–Crippen MR) is 79.5 cm³/mol. The number of amides is 1. The summed E-state index contributed by atoms with van der Waals surface area (Å²) in [5.41, 5.74) is 0. The Bertz CT molecular complexity index is 267. The van der Waals surface area contributed by atoms with Gasteiger partial charge >= 0.3 is 0 Å². The molecule has 0 aliphatic carbocycles. The van der Waals surface area contributed by atoms with Gasteiger partial charge in [-0.3, -0.25) is 9.69 Å². The minimum Gasteiger partial charge on any atom is -0.396 e. The van der Waals surface area contributed by atoms with Crippen LogP contribution in [0.2, 0.25) is 0 Å². The molecule has 116 valence electrons. The molecule has 5 nitrogen and oxygen atoms in total. The lowest BCUT2D eigenvalue weighted by Gasteiger charge is -2.33. The molecule has 0 unspecified atom stereocenters. The third kappa shape index (κ3) is 4.72. The van der Waals surface area contributed by atoms with Gasteiger partial charge in [0.25, 0.3) is 0 Å². The molecular formula is C15H29N3O2. The number of piperidine rings is 2. The summed E-state index contributed by atoms with van der Waals surface area (Å²) in [4.78, 5) is 16.7. The Kier molecular flexibility index (Phi) is 6.26. The number of aliphatic hydroxyl groups is 1. The van der Waals surface area contributed by atoms with Crippen molar-refractivity contribution in [3.63, 3.8) is 0 Å². The lowest BCUT2D eigenvalue weighted by Crippen LogP contribution is -2.48. The molecule has 2 aliphatic rings. The van der Waals surface area contributed by atoms with Crippen LogP contribution >= 0.6 is 0 Å². The van der Waals surface area contributed by atoms with Gasteiger partial charge in [0.05, 0.1) is 6.54 Å². The smallest absolute Gasteiger partial charge is 0.234 e. The molecule has 0 aromatic carbocycles. The summed E-state index contributed by atoms with van der Waals surface area (Å²) in [6.45, 7) is 8.18. The number of likely N-dealkylation sites (tertiary alicyclic amines) is 2. The van der Waals surface area contributed by atoms with E-state index in [1.807, 2.05) is 0 Å². The summed E-state index contributed by atoms with van der Waals surface area (Å²) in [6, 6.07) is 0.361. The number of hydrogen-bond acceptors (Lipinski definition) is 4. The van der Waals surface area contributed by atoms with Crippen molar-refractivity contribution < 1.29 is 9.90 Å². The summed E-state index contributed by atoms with van der Waals surface area (Å²) in [5, 5.41) is 12.3. The zero-order valence-electron chi connectivity index (χ0n) is 12.7. The van der Waals surface area contributed by atoms with Crippen molar-refractivity contribution in [3.8, 4) is 0 Å². The molecule has 2 saturated heterocycles. The van der Waals surface area contributed by atoms with Crippen molar-refractivity contribution in [2.45, 2.75) is 38.6 Å². The Labute approximate surface area is 122 Å². The second-order valence-electron chi connectivity index (χ2n) is 6.18. The van der Waals surface area contributed by atoms with Crippen LogP contribution in [0.4, 0.5) is 0 Å². The molecule has 0 atom stereocenters. The monoisotopic (exact) mass is 283 g/mol. The second-order valence-corrected chi connectivity index (χ2v) is 6.18. The number of carbonyl (C=O) groups is 1. The average Bonchev–Trinajstić information content (AvgIpc) is 2.49. The Morgan fingerprint density at radius 3 is 2.25 bits per heavy atom. The van der Waals surface area contributed by atoms with E-state index >= 15 is 0 Å². The number of carbonyl (C=O) groups excluding carboxylic acids is 1. The van der Waals surface area contributed by atoms with E-state index in [4.69, 9.17) is 5.11 Å². The fourth-order valence-corrected chi connectivity index (χ4v) is 3.20. The molecule has 0 aromatic heterocycles. The predicted octanol–water partition coefficient (Wildman–Crippen LogP) is 0.291. The largest absolute Gasteiger partial charge is 0.396 e. The molecule has 0 radical (unpaired) electrons. The van der Waals surface area contributed by atoms with E-state index in [0.29, 0.717) is 18.5 Å². The van der Waals surface area contributed by atoms with E-state index in [-0.39, 0.29) is 12.5 Å². The van der Waals surface area contributed by atoms with Gasteiger partial charge in [-0.05, 0) is 51.2 Å². The van der Waals surface area contributed by atoms with E-state index in [0.717, 1.165) is 58.4 Å². The highest BCUT2D eigenvalue weighted by Crippen LogP contribution is 2.16. The third-order valence-electron chi connectivity index (χ3n) is 4.73. The van der Waals surface area contributed by atoms with Crippen molar-refractivity contribution in [2.75, 3.05) is 45.9 Å². The van der Waals surface area contributed by atoms with Gasteiger partial charge in [-0.1, -0.05) is 6.92 Å². The minimum atomic E-state index is 0.169. The van der Waals surface area contributed by atoms with E-state index in [1.165, 1.54) is 0 Å². The van der Waals surface area contributed by atoms with Crippen LogP contribution < -0.4 is 5.32 Å². The standard InChI is InChI=1S/C15H29N3O2/c1-2-17-9-5-14(6-10-17)16-15(20)11-18-7-3-13(12-19)4-8-18/h13-14,19H,2-12H2,1H3,(H,16,20). The molecule has 2 aliphatic heterocycles. The highest BCUT2D eigenvalue weighted by molar-refractivity contribution is 5.78. The van der Waals surface area contributed by atoms with E-state index in [2.05, 4.69) is 22.0 Å². The molecule has 0 spiro atoms. The molecule has 0 bridgehead atoms. The first-order valence-electron chi connectivity index (χ1n) is 8.06. The number of rotatable bonds is 5. The van der Waals surface area contributed by atoms with E-state index < -0.39 is 0 Å². The van der Waals surface area contributed by atoms with E-state index in [1.54, 1.807) is 0 Å². The first-order valence-corrected chi connectivity index (χ1v) is 8.06. The van der Waals surface area contributed by atoms with Crippen LogP contribution in [0.15, 0.2) is 0 Å². The quantitative estimate of drug-likeness (QED) is 0.761.